The van der Waals surface area contributed by atoms with Gasteiger partial charge in [0.15, 0.2) is 0 Å². The fourth-order valence-corrected chi connectivity index (χ4v) is 4.55. The van der Waals surface area contributed by atoms with Crippen molar-refractivity contribution < 1.29 is 0 Å². The molecule has 0 radical (unpaired) electrons. The highest BCUT2D eigenvalue weighted by atomic mass is 14.4. The molecule has 0 saturated heterocycles. The van der Waals surface area contributed by atoms with Crippen LogP contribution in [0.4, 0.5) is 0 Å². The third kappa shape index (κ3) is 2.92. The second-order valence-electron chi connectivity index (χ2n) is 10.0. The predicted octanol–water partition coefficient (Wildman–Crippen LogP) is 5.70. The van der Waals surface area contributed by atoms with Gasteiger partial charge in [-0.15, -0.1) is 0 Å². The van der Waals surface area contributed by atoms with Crippen LogP contribution in [-0.4, -0.2) is 0 Å². The zero-order chi connectivity index (χ0) is 19.6. The van der Waals surface area contributed by atoms with Crippen molar-refractivity contribution in [2.75, 3.05) is 0 Å². The van der Waals surface area contributed by atoms with Gasteiger partial charge in [0.1, 0.15) is 0 Å². The lowest BCUT2D eigenvalue weighted by molar-refractivity contribution is 0.453. The molecular formula is C27H30. The average molecular weight is 355 g/mol. The lowest BCUT2D eigenvalue weighted by atomic mass is 9.76. The molecule has 0 bridgehead atoms. The van der Waals surface area contributed by atoms with Gasteiger partial charge in [-0.2, -0.15) is 0 Å². The molecule has 0 spiro atoms. The van der Waals surface area contributed by atoms with Gasteiger partial charge in [-0.05, 0) is 66.5 Å². The van der Waals surface area contributed by atoms with Crippen LogP contribution in [0.3, 0.4) is 0 Å². The van der Waals surface area contributed by atoms with E-state index in [-0.39, 0.29) is 10.8 Å². The zero-order valence-corrected chi connectivity index (χ0v) is 17.5. The van der Waals surface area contributed by atoms with Crippen LogP contribution in [0.5, 0.6) is 0 Å². The third-order valence-corrected chi connectivity index (χ3v) is 5.93. The molecule has 0 aromatic heterocycles. The van der Waals surface area contributed by atoms with Crippen molar-refractivity contribution in [2.24, 2.45) is 10.8 Å². The Hall–Kier alpha value is -2.34. The fourth-order valence-electron chi connectivity index (χ4n) is 4.55. The molecule has 2 aromatic rings. The van der Waals surface area contributed by atoms with Crippen LogP contribution in [0.15, 0.2) is 53.6 Å². The number of rotatable bonds is 1. The van der Waals surface area contributed by atoms with Crippen molar-refractivity contribution in [1.29, 1.82) is 0 Å². The van der Waals surface area contributed by atoms with Gasteiger partial charge in [-0.25, -0.2) is 0 Å². The van der Waals surface area contributed by atoms with Crippen LogP contribution < -0.4 is 10.4 Å². The Labute approximate surface area is 163 Å². The summed E-state index contributed by atoms with van der Waals surface area (Å²) < 4.78 is 0. The van der Waals surface area contributed by atoms with E-state index in [1.54, 1.807) is 5.57 Å². The van der Waals surface area contributed by atoms with E-state index >= 15 is 0 Å². The maximum absolute atomic E-state index is 4.40. The topological polar surface area (TPSA) is 0 Å². The van der Waals surface area contributed by atoms with E-state index in [4.69, 9.17) is 0 Å². The van der Waals surface area contributed by atoms with Crippen LogP contribution in [0, 0.1) is 21.3 Å². The Morgan fingerprint density at radius 1 is 0.778 bits per heavy atom. The van der Waals surface area contributed by atoms with Gasteiger partial charge < -0.3 is 0 Å². The molecule has 138 valence electrons. The summed E-state index contributed by atoms with van der Waals surface area (Å²) in [4.78, 5) is 0. The molecule has 0 atom stereocenters. The van der Waals surface area contributed by atoms with Crippen LogP contribution >= 0.6 is 0 Å². The second kappa shape index (κ2) is 5.83. The number of fused-ring (bicyclic) bond motifs is 2. The van der Waals surface area contributed by atoms with Gasteiger partial charge in [0, 0.05) is 0 Å². The molecule has 0 heteroatoms. The SMILES string of the molecule is C=c1ccc2c(c1C1=CC(C(C)(C)C)=C(C(C)(C)C)C1)C=c1ccccc1=2. The Balaban J connectivity index is 1.96. The maximum atomic E-state index is 4.40. The quantitative estimate of drug-likeness (QED) is 0.526. The largest absolute Gasteiger partial charge is 0.0911 e. The van der Waals surface area contributed by atoms with Crippen LogP contribution in [0.1, 0.15) is 59.1 Å². The van der Waals surface area contributed by atoms with E-state index in [0.29, 0.717) is 0 Å². The first-order valence-electron chi connectivity index (χ1n) is 9.95. The summed E-state index contributed by atoms with van der Waals surface area (Å²) in [5.74, 6) is 0. The van der Waals surface area contributed by atoms with Crippen molar-refractivity contribution in [2.45, 2.75) is 48.0 Å². The van der Waals surface area contributed by atoms with Gasteiger partial charge in [0.25, 0.3) is 0 Å². The highest BCUT2D eigenvalue weighted by Gasteiger charge is 2.32. The second-order valence-corrected chi connectivity index (χ2v) is 10.0. The molecule has 4 rings (SSSR count). The highest BCUT2D eigenvalue weighted by Crippen LogP contribution is 2.47. The smallest absolute Gasteiger partial charge is 0.00493 e. The normalized spacial score (nSPS) is 16.1. The zero-order valence-electron chi connectivity index (χ0n) is 17.5. The Kier molecular flexibility index (Phi) is 3.89. The lowest BCUT2D eigenvalue weighted by Gasteiger charge is -2.29. The summed E-state index contributed by atoms with van der Waals surface area (Å²) in [6, 6.07) is 13.1. The van der Waals surface area contributed by atoms with Gasteiger partial charge in [-0.1, -0.05) is 96.2 Å². The average Bonchev–Trinajstić information content (AvgIpc) is 3.15. The van der Waals surface area contributed by atoms with E-state index in [1.807, 2.05) is 0 Å². The summed E-state index contributed by atoms with van der Waals surface area (Å²) >= 11 is 0. The van der Waals surface area contributed by atoms with E-state index < -0.39 is 0 Å². The fraction of sp³-hybridized carbons (Fsp3) is 0.333. The van der Waals surface area contributed by atoms with Gasteiger partial charge in [0.05, 0.1) is 0 Å². The lowest BCUT2D eigenvalue weighted by Crippen LogP contribution is -2.16. The maximum Gasteiger partial charge on any atom is -0.00493 e. The van der Waals surface area contributed by atoms with E-state index in [2.05, 4.69) is 96.7 Å². The predicted molar refractivity (Wildman–Crippen MR) is 117 cm³/mol. The minimum Gasteiger partial charge on any atom is -0.0911 e. The summed E-state index contributed by atoms with van der Waals surface area (Å²) in [6.45, 7) is 18.4. The minimum absolute atomic E-state index is 0.149. The van der Waals surface area contributed by atoms with Gasteiger partial charge in [-0.3, -0.25) is 0 Å². The molecular weight excluding hydrogens is 324 g/mol. The van der Waals surface area contributed by atoms with Gasteiger partial charge in [0.2, 0.25) is 0 Å². The van der Waals surface area contributed by atoms with E-state index in [0.717, 1.165) is 11.6 Å². The molecule has 2 aromatic carbocycles. The van der Waals surface area contributed by atoms with Crippen molar-refractivity contribution in [3.63, 3.8) is 0 Å². The molecule has 0 amide bonds. The molecule has 27 heavy (non-hydrogen) atoms. The van der Waals surface area contributed by atoms with E-state index in [9.17, 15) is 0 Å². The van der Waals surface area contributed by atoms with Gasteiger partial charge >= 0.3 is 0 Å². The first-order chi connectivity index (χ1) is 12.6. The molecule has 2 aliphatic rings. The van der Waals surface area contributed by atoms with Crippen molar-refractivity contribution >= 4 is 18.2 Å². The third-order valence-electron chi connectivity index (χ3n) is 5.93. The molecule has 2 aliphatic carbocycles. The first-order valence-corrected chi connectivity index (χ1v) is 9.95. The van der Waals surface area contributed by atoms with Crippen molar-refractivity contribution in [1.82, 2.24) is 0 Å². The molecule has 0 aliphatic heterocycles. The minimum atomic E-state index is 0.149. The molecule has 0 fully saturated rings. The van der Waals surface area contributed by atoms with Crippen LogP contribution in [0.2, 0.25) is 0 Å². The molecule has 0 N–H and O–H groups in total. The molecule has 0 nitrogen and oxygen atoms in total. The summed E-state index contributed by atoms with van der Waals surface area (Å²) in [6.07, 6.45) is 5.84. The number of benzene rings is 2. The van der Waals surface area contributed by atoms with Crippen molar-refractivity contribution in [3.05, 3.63) is 85.6 Å². The number of hydrogen-bond donors (Lipinski definition) is 0. The Bertz CT molecular complexity index is 1200. The summed E-state index contributed by atoms with van der Waals surface area (Å²) in [7, 11) is 0. The first kappa shape index (κ1) is 18.0. The van der Waals surface area contributed by atoms with Crippen LogP contribution in [-0.2, 0) is 0 Å². The number of hydrogen-bond acceptors (Lipinski definition) is 0. The van der Waals surface area contributed by atoms with Crippen LogP contribution in [0.25, 0.3) is 18.2 Å². The summed E-state index contributed by atoms with van der Waals surface area (Å²) in [5, 5.41) is 5.13. The Morgan fingerprint density at radius 2 is 1.48 bits per heavy atom. The molecule has 0 unspecified atom stereocenters. The number of allylic oxidation sites excluding steroid dienone is 4. The standard InChI is InChI=1S/C27H30/c1-17-12-13-21-20-11-9-8-10-18(20)14-22(21)25(17)19-15-23(26(2,3)4)24(16-19)27(5,6)7/h8-15H,1,16H2,2-7H3. The molecule has 0 saturated carbocycles. The van der Waals surface area contributed by atoms with Crippen molar-refractivity contribution in [3.8, 4) is 0 Å². The Morgan fingerprint density at radius 3 is 2.11 bits per heavy atom. The van der Waals surface area contributed by atoms with E-state index in [1.165, 1.54) is 37.9 Å². The molecule has 0 heterocycles. The highest BCUT2D eigenvalue weighted by molar-refractivity contribution is 5.82. The summed E-state index contributed by atoms with van der Waals surface area (Å²) in [5.41, 5.74) is 7.50. The monoisotopic (exact) mass is 354 g/mol.